The number of carbonyl (C=O) groups is 8. The minimum Gasteiger partial charge on any atom is -0.351 e. The number of rotatable bonds is 10. The molecule has 1 fully saturated rings. The fraction of sp³-hybridized carbons (Fsp3) is 0.278. The number of benzene rings is 6. The molecule has 0 radical (unpaired) electrons. The topological polar surface area (TPSA) is 325 Å². The first-order chi connectivity index (χ1) is 47.1. The minimum atomic E-state index is -0.537. The van der Waals surface area contributed by atoms with Crippen LogP contribution in [-0.2, 0) is 67.9 Å². The van der Waals surface area contributed by atoms with E-state index in [1.54, 1.807) is 103 Å². The monoisotopic (exact) mass is 1330 g/mol. The van der Waals surface area contributed by atoms with Crippen LogP contribution in [0, 0.1) is 12.8 Å². The maximum Gasteiger partial charge on any atom is 0.274 e. The average Bonchev–Trinajstić information content (AvgIpc) is 1.80. The van der Waals surface area contributed by atoms with E-state index in [4.69, 9.17) is 20.8 Å². The normalized spacial score (nSPS) is 14.6. The molecule has 500 valence electrons. The van der Waals surface area contributed by atoms with Crippen molar-refractivity contribution in [3.05, 3.63) is 240 Å². The molecule has 1 saturated carbocycles. The van der Waals surface area contributed by atoms with Gasteiger partial charge in [0, 0.05) is 103 Å². The molecule has 3 aromatic heterocycles. The van der Waals surface area contributed by atoms with Crippen LogP contribution < -0.4 is 21.9 Å². The van der Waals surface area contributed by atoms with Crippen molar-refractivity contribution >= 4 is 69.5 Å². The van der Waals surface area contributed by atoms with E-state index in [0.29, 0.717) is 117 Å². The van der Waals surface area contributed by atoms with E-state index in [0.717, 1.165) is 91.1 Å². The number of nitrogens with one attached hydrogen (secondary N) is 5. The van der Waals surface area contributed by atoms with E-state index >= 15 is 0 Å². The molecule has 0 unspecified atom stereocenters. The lowest BCUT2D eigenvalue weighted by atomic mass is 9.87. The van der Waals surface area contributed by atoms with Crippen molar-refractivity contribution in [2.45, 2.75) is 97.3 Å². The zero-order valence-electron chi connectivity index (χ0n) is 53.3. The lowest BCUT2D eigenvalue weighted by Gasteiger charge is -2.33. The van der Waals surface area contributed by atoms with Gasteiger partial charge in [0.2, 0.25) is 11.8 Å². The summed E-state index contributed by atoms with van der Waals surface area (Å²) in [5, 5.41) is 43.1. The first-order valence-electron chi connectivity index (χ1n) is 32.1. The fourth-order valence-corrected chi connectivity index (χ4v) is 13.5. The quantitative estimate of drug-likeness (QED) is 0.0457. The Morgan fingerprint density at radius 2 is 0.959 bits per heavy atom. The summed E-state index contributed by atoms with van der Waals surface area (Å²) in [5.41, 5.74) is 20.4. The molecule has 0 atom stereocenters. The predicted molar refractivity (Wildman–Crippen MR) is 357 cm³/mol. The summed E-state index contributed by atoms with van der Waals surface area (Å²) in [6.07, 6.45) is 12.1. The molecular weight excluding hydrogens is 1260 g/mol. The number of aromatic amines is 1. The van der Waals surface area contributed by atoms with Gasteiger partial charge < -0.3 is 24.6 Å². The molecule has 25 heteroatoms. The Morgan fingerprint density at radius 1 is 0.505 bits per heavy atom. The molecular formula is C72H74N12O12S. The van der Waals surface area contributed by atoms with Gasteiger partial charge >= 0.3 is 0 Å². The Bertz CT molecular complexity index is 4380. The van der Waals surface area contributed by atoms with Crippen LogP contribution in [-0.4, -0.2) is 134 Å². The molecule has 6 aromatic carbocycles. The fourth-order valence-electron chi connectivity index (χ4n) is 12.8. The lowest BCUT2D eigenvalue weighted by molar-refractivity contribution is -0.137. The molecule has 9 N–H and O–H groups in total. The van der Waals surface area contributed by atoms with Crippen LogP contribution in [0.2, 0.25) is 0 Å². The molecule has 24 nitrogen and oxygen atoms in total. The number of thiazole rings is 1. The van der Waals surface area contributed by atoms with Gasteiger partial charge in [-0.05, 0) is 163 Å². The highest BCUT2D eigenvalue weighted by molar-refractivity contribution is 7.09. The van der Waals surface area contributed by atoms with Crippen LogP contribution >= 0.6 is 11.3 Å². The van der Waals surface area contributed by atoms with Crippen LogP contribution in [0.15, 0.2) is 151 Å². The van der Waals surface area contributed by atoms with E-state index in [9.17, 15) is 38.4 Å². The van der Waals surface area contributed by atoms with Gasteiger partial charge in [-0.1, -0.05) is 79.9 Å². The van der Waals surface area contributed by atoms with Crippen molar-refractivity contribution in [2.24, 2.45) is 5.92 Å². The van der Waals surface area contributed by atoms with Crippen molar-refractivity contribution in [2.75, 3.05) is 26.2 Å². The number of aryl methyl sites for hydroxylation is 1. The Labute approximate surface area is 562 Å². The van der Waals surface area contributed by atoms with Gasteiger partial charge in [0.25, 0.3) is 35.4 Å². The van der Waals surface area contributed by atoms with Gasteiger partial charge in [-0.3, -0.25) is 59.2 Å². The van der Waals surface area contributed by atoms with E-state index < -0.39 is 23.6 Å². The first kappa shape index (κ1) is 67.7. The summed E-state index contributed by atoms with van der Waals surface area (Å²) in [4.78, 5) is 111. The Hall–Kier alpha value is -10.7. The first-order valence-corrected chi connectivity index (χ1v) is 32.9. The van der Waals surface area contributed by atoms with Crippen LogP contribution in [0.3, 0.4) is 0 Å². The number of nitrogens with zero attached hydrogens (tertiary/aromatic N) is 7. The van der Waals surface area contributed by atoms with Crippen LogP contribution in [0.4, 0.5) is 0 Å². The van der Waals surface area contributed by atoms with Gasteiger partial charge in [-0.25, -0.2) is 31.6 Å². The van der Waals surface area contributed by atoms with Gasteiger partial charge in [0.15, 0.2) is 0 Å². The molecule has 97 heavy (non-hydrogen) atoms. The SMILES string of the molecule is Cc1nc(CC(=O)N2CCc3cc(C(=O)NO)ccc3C2)cs1.O=C(NO)c1ccc2c(c1)CCN(C(=O)C1CCCCC1)C2.O=C(NO)c1ccc2c(c1)CCN(C(=O)c1cc3ccccc3[nH]1)C2.O=C(NO)c1ccc2c(c1)CCN(C(=O)c1cnn(-c3ccccc3)c1)C2. The Balaban J connectivity index is 0.000000132. The standard InChI is InChI=1S/C20H18N4O3.C19H17N3O3.C17H22N2O3.C16H17N3O3S/c25-19(22-27)15-6-7-16-12-23(9-8-14(16)10-15)20(26)17-11-21-24(13-17)18-4-2-1-3-5-18;23-18(21-25)14-5-6-15-11-22(8-7-12(15)9-14)19(24)17-10-13-3-1-2-4-16(13)20-17;20-16(18-22)14-6-7-15-11-19(9-8-13(15)10-14)17(21)12-4-2-1-3-5-12;1-10-17-14(9-23-10)7-15(20)19-5-4-11-6-12(16(21)18-22)2-3-13(11)8-19/h1-7,10-11,13,27H,8-9,12H2,(H,22,25);1-6,9-10,20,25H,7-8,11H2,(H,21,23);6-7,10,12,22H,1-5,8-9,11H2,(H,18,20);2-3,6,9,22H,4-5,7-8H2,1H3,(H,18,21). The highest BCUT2D eigenvalue weighted by Gasteiger charge is 2.30. The van der Waals surface area contributed by atoms with Crippen molar-refractivity contribution in [1.29, 1.82) is 0 Å². The highest BCUT2D eigenvalue weighted by atomic mass is 32.1. The third-order valence-electron chi connectivity index (χ3n) is 18.1. The number of aromatic nitrogens is 4. The molecule has 0 spiro atoms. The van der Waals surface area contributed by atoms with Crippen molar-refractivity contribution in [3.8, 4) is 5.69 Å². The van der Waals surface area contributed by atoms with E-state index in [2.05, 4.69) is 15.1 Å². The highest BCUT2D eigenvalue weighted by Crippen LogP contribution is 2.30. The number of amides is 8. The summed E-state index contributed by atoms with van der Waals surface area (Å²) < 4.78 is 1.69. The summed E-state index contributed by atoms with van der Waals surface area (Å²) in [5.74, 6) is -1.62. The zero-order chi connectivity index (χ0) is 68.1. The molecule has 4 aliphatic heterocycles. The smallest absolute Gasteiger partial charge is 0.274 e. The Kier molecular flexibility index (Phi) is 21.8. The van der Waals surface area contributed by atoms with E-state index in [1.165, 1.54) is 19.3 Å². The van der Waals surface area contributed by atoms with Crippen LogP contribution in [0.25, 0.3) is 16.6 Å². The number of hydrogen-bond donors (Lipinski definition) is 9. The maximum atomic E-state index is 12.9. The molecule has 0 saturated heterocycles. The second-order valence-corrected chi connectivity index (χ2v) is 25.4. The third kappa shape index (κ3) is 16.3. The van der Waals surface area contributed by atoms with E-state index in [-0.39, 0.29) is 23.6 Å². The number of fused-ring (bicyclic) bond motifs is 5. The van der Waals surface area contributed by atoms with Gasteiger partial charge in [0.05, 0.1) is 34.6 Å². The summed E-state index contributed by atoms with van der Waals surface area (Å²) in [6, 6.07) is 40.5. The zero-order valence-corrected chi connectivity index (χ0v) is 54.1. The average molecular weight is 1330 g/mol. The summed E-state index contributed by atoms with van der Waals surface area (Å²) in [6.45, 7) is 6.57. The molecule has 1 aliphatic carbocycles. The second kappa shape index (κ2) is 31.2. The second-order valence-electron chi connectivity index (χ2n) is 24.4. The number of carbonyl (C=O) groups excluding carboxylic acids is 8. The third-order valence-corrected chi connectivity index (χ3v) is 19.0. The van der Waals surface area contributed by atoms with Crippen molar-refractivity contribution in [3.63, 3.8) is 0 Å². The lowest BCUT2D eigenvalue weighted by Crippen LogP contribution is -2.40. The van der Waals surface area contributed by atoms with Gasteiger partial charge in [-0.2, -0.15) is 5.10 Å². The number of hydroxylamine groups is 4. The van der Waals surface area contributed by atoms with Gasteiger partial charge in [-0.15, -0.1) is 11.3 Å². The van der Waals surface area contributed by atoms with Gasteiger partial charge in [0.1, 0.15) is 5.69 Å². The minimum absolute atomic E-state index is 0.0287. The predicted octanol–water partition coefficient (Wildman–Crippen LogP) is 8.64. The van der Waals surface area contributed by atoms with Crippen LogP contribution in [0.1, 0.15) is 150 Å². The summed E-state index contributed by atoms with van der Waals surface area (Å²) >= 11 is 1.55. The Morgan fingerprint density at radius 3 is 1.44 bits per heavy atom. The van der Waals surface area contributed by atoms with E-state index in [1.807, 2.05) is 113 Å². The summed E-state index contributed by atoms with van der Waals surface area (Å²) in [7, 11) is 0. The van der Waals surface area contributed by atoms with Crippen molar-refractivity contribution < 1.29 is 59.2 Å². The molecule has 7 heterocycles. The number of para-hydroxylation sites is 2. The maximum absolute atomic E-state index is 12.9. The molecule has 9 aromatic rings. The molecule has 5 aliphatic rings. The number of H-pyrrole nitrogens is 1. The number of hydrogen-bond acceptors (Lipinski definition) is 15. The largest absolute Gasteiger partial charge is 0.351 e. The molecule has 14 rings (SSSR count). The molecule has 8 amide bonds. The van der Waals surface area contributed by atoms with Crippen LogP contribution in [0.5, 0.6) is 0 Å². The molecule has 0 bridgehead atoms. The van der Waals surface area contributed by atoms with Crippen molar-refractivity contribution in [1.82, 2.24) is 61.3 Å².